The van der Waals surface area contributed by atoms with Crippen molar-refractivity contribution in [1.29, 1.82) is 0 Å². The molecule has 54 heavy (non-hydrogen) atoms. The minimum Gasteiger partial charge on any atom is -0.458 e. The molecule has 0 heterocycles. The average Bonchev–Trinajstić information content (AvgIpc) is 3.53. The molecule has 8 rings (SSSR count). The Morgan fingerprint density at radius 3 is 1.81 bits per heavy atom. The van der Waals surface area contributed by atoms with Gasteiger partial charge in [-0.25, -0.2) is 0 Å². The molecule has 0 radical (unpaired) electrons. The molecule has 0 saturated heterocycles. The second-order valence-electron chi connectivity index (χ2n) is 18.0. The quantitative estimate of drug-likeness (QED) is 0.231. The third kappa shape index (κ3) is 5.30. The average molecular weight is 743 g/mol. The van der Waals surface area contributed by atoms with Gasteiger partial charge in [0.2, 0.25) is 5.78 Å². The third-order valence-corrected chi connectivity index (χ3v) is 15.7. The van der Waals surface area contributed by atoms with Gasteiger partial charge in [0.05, 0.1) is 6.10 Å². The Bertz CT molecular complexity index is 1900. The number of hydrogen-bond acceptors (Lipinski definition) is 10. The molecule has 0 unspecified atom stereocenters. The second-order valence-corrected chi connectivity index (χ2v) is 18.0. The zero-order chi connectivity index (χ0) is 39.2. The number of allylic oxidation sites excluding steroid dienone is 12. The van der Waals surface area contributed by atoms with E-state index in [1.165, 1.54) is 23.6 Å². The van der Waals surface area contributed by atoms with E-state index >= 15 is 0 Å². The minimum absolute atomic E-state index is 0.0129. The molecule has 4 N–H and O–H groups in total. The molecule has 0 aromatic heterocycles. The lowest BCUT2D eigenvalue weighted by molar-refractivity contribution is -0.174. The summed E-state index contributed by atoms with van der Waals surface area (Å²) in [6.07, 6.45) is 19.9. The fourth-order valence-electron chi connectivity index (χ4n) is 12.4. The van der Waals surface area contributed by atoms with Crippen molar-refractivity contribution in [3.63, 3.8) is 0 Å². The number of aliphatic hydroxyl groups excluding tert-OH is 2. The van der Waals surface area contributed by atoms with Gasteiger partial charge in [-0.1, -0.05) is 60.4 Å². The Labute approximate surface area is 316 Å². The number of carbonyl (C=O) groups is 5. The van der Waals surface area contributed by atoms with Gasteiger partial charge in [-0.2, -0.15) is 0 Å². The Hall–Kier alpha value is -3.57. The van der Waals surface area contributed by atoms with Crippen LogP contribution in [-0.4, -0.2) is 80.0 Å². The van der Waals surface area contributed by atoms with Crippen molar-refractivity contribution in [3.8, 4) is 0 Å². The van der Waals surface area contributed by atoms with Crippen LogP contribution in [0.2, 0.25) is 0 Å². The first-order valence-electron chi connectivity index (χ1n) is 19.5. The summed E-state index contributed by atoms with van der Waals surface area (Å²) < 4.78 is 4.83. The molecule has 10 heteroatoms. The van der Waals surface area contributed by atoms with Gasteiger partial charge < -0.3 is 25.2 Å². The van der Waals surface area contributed by atoms with Crippen molar-refractivity contribution in [2.75, 3.05) is 13.2 Å². The van der Waals surface area contributed by atoms with Crippen LogP contribution in [0.1, 0.15) is 92.4 Å². The molecule has 0 spiro atoms. The van der Waals surface area contributed by atoms with E-state index in [9.17, 15) is 44.4 Å². The highest BCUT2D eigenvalue weighted by Crippen LogP contribution is 2.66. The van der Waals surface area contributed by atoms with Crippen molar-refractivity contribution in [1.82, 2.24) is 0 Å². The van der Waals surface area contributed by atoms with E-state index in [1.807, 2.05) is 26.0 Å². The third-order valence-electron chi connectivity index (χ3n) is 15.7. The molecular weight excluding hydrogens is 688 g/mol. The zero-order valence-corrected chi connectivity index (χ0v) is 32.0. The van der Waals surface area contributed by atoms with Crippen LogP contribution in [0.3, 0.4) is 0 Å². The highest BCUT2D eigenvalue weighted by molar-refractivity contribution is 6.02. The maximum atomic E-state index is 12.9. The van der Waals surface area contributed by atoms with E-state index in [4.69, 9.17) is 4.74 Å². The highest BCUT2D eigenvalue weighted by atomic mass is 16.5. The number of esters is 1. The van der Waals surface area contributed by atoms with Crippen molar-refractivity contribution in [2.24, 2.45) is 45.3 Å². The number of hydrogen-bond donors (Lipinski definition) is 4. The predicted octanol–water partition coefficient (Wildman–Crippen LogP) is 4.56. The van der Waals surface area contributed by atoms with Crippen LogP contribution in [0.5, 0.6) is 0 Å². The van der Waals surface area contributed by atoms with Gasteiger partial charge in [-0.05, 0) is 120 Å². The van der Waals surface area contributed by atoms with Crippen molar-refractivity contribution >= 4 is 29.1 Å². The molecule has 10 nitrogen and oxygen atoms in total. The number of ether oxygens (including phenoxy) is 1. The summed E-state index contributed by atoms with van der Waals surface area (Å²) in [6, 6.07) is 0. The normalized spacial score (nSPS) is 44.0. The summed E-state index contributed by atoms with van der Waals surface area (Å²) in [4.78, 5) is 59.9. The predicted molar refractivity (Wildman–Crippen MR) is 198 cm³/mol. The summed E-state index contributed by atoms with van der Waals surface area (Å²) in [5, 5.41) is 42.7. The van der Waals surface area contributed by atoms with E-state index < -0.39 is 58.9 Å². The van der Waals surface area contributed by atoms with Gasteiger partial charge in [-0.3, -0.25) is 24.0 Å². The first kappa shape index (κ1) is 38.7. The molecule has 8 aliphatic rings. The van der Waals surface area contributed by atoms with Crippen molar-refractivity contribution < 1.29 is 49.1 Å². The van der Waals surface area contributed by atoms with Gasteiger partial charge >= 0.3 is 5.97 Å². The molecule has 8 aliphatic carbocycles. The zero-order valence-electron chi connectivity index (χ0n) is 32.0. The second kappa shape index (κ2) is 13.0. The number of aliphatic hydroxyl groups is 4. The lowest BCUT2D eigenvalue weighted by Gasteiger charge is -2.53. The number of ketones is 4. The van der Waals surface area contributed by atoms with Crippen molar-refractivity contribution in [2.45, 2.75) is 110 Å². The fraction of sp³-hybridized carbons (Fsp3) is 0.614. The summed E-state index contributed by atoms with van der Waals surface area (Å²) in [5.41, 5.74) is -0.431. The lowest BCUT2D eigenvalue weighted by atomic mass is 9.51. The van der Waals surface area contributed by atoms with Gasteiger partial charge in [0.1, 0.15) is 12.2 Å². The van der Waals surface area contributed by atoms with Crippen LogP contribution in [-0.2, 0) is 28.7 Å². The van der Waals surface area contributed by atoms with E-state index in [0.29, 0.717) is 31.6 Å². The van der Waals surface area contributed by atoms with Gasteiger partial charge in [0.15, 0.2) is 29.6 Å². The van der Waals surface area contributed by atoms with E-state index in [2.05, 4.69) is 26.0 Å². The number of rotatable bonds is 5. The van der Waals surface area contributed by atoms with Gasteiger partial charge in [-0.15, -0.1) is 0 Å². The van der Waals surface area contributed by atoms with Crippen LogP contribution in [0, 0.1) is 45.3 Å². The highest BCUT2D eigenvalue weighted by Gasteiger charge is 2.69. The molecule has 0 aliphatic heterocycles. The maximum Gasteiger partial charge on any atom is 0.303 e. The summed E-state index contributed by atoms with van der Waals surface area (Å²) in [5.74, 6) is -1.02. The minimum atomic E-state index is -1.95. The monoisotopic (exact) mass is 742 g/mol. The van der Waals surface area contributed by atoms with E-state index in [-0.39, 0.29) is 40.2 Å². The van der Waals surface area contributed by atoms with E-state index in [0.717, 1.165) is 37.7 Å². The van der Waals surface area contributed by atoms with Crippen LogP contribution in [0.25, 0.3) is 0 Å². The Balaban J connectivity index is 0.000000168. The molecule has 0 aromatic carbocycles. The fourth-order valence-corrected chi connectivity index (χ4v) is 12.4. The molecule has 0 aromatic rings. The summed E-state index contributed by atoms with van der Waals surface area (Å²) in [6.45, 7) is 8.24. The lowest BCUT2D eigenvalue weighted by Crippen LogP contribution is -2.59. The molecule has 4 fully saturated rings. The van der Waals surface area contributed by atoms with Crippen molar-refractivity contribution in [3.05, 3.63) is 70.9 Å². The van der Waals surface area contributed by atoms with E-state index in [1.54, 1.807) is 24.3 Å². The van der Waals surface area contributed by atoms with Crippen LogP contribution in [0.15, 0.2) is 70.9 Å². The Morgan fingerprint density at radius 1 is 0.778 bits per heavy atom. The molecular formula is C44H54O10. The Kier molecular flexibility index (Phi) is 9.32. The molecule has 4 saturated carbocycles. The Morgan fingerprint density at radius 2 is 1.30 bits per heavy atom. The SMILES string of the molecule is CC(=O)OCC(=O)[C@@]1(O)[C@H](O)C[C@H]2[C@@H]3CCC4=CC(=O)C=C[C@]4(C)C3=CC[C@@]21C.C[C@]12C=CC(=O)C=C1CC[C@@H]1C2=CC[C@@]2(C)[C@H]1CC[C@]2(O)C(=O)CO. The largest absolute Gasteiger partial charge is 0.458 e. The standard InChI is InChI=1S/C23H28O6.C21H26O4/c1-13(24)29-12-20(27)23(28)19(26)11-18-16-5-4-14-10-15(25)6-8-21(14,2)17(16)7-9-22(18,23)3;1-19-8-5-14(23)11-13(19)3-4-15-16(19)6-9-20(2)17(15)7-10-21(20,25)18(24)12-22/h6-8,10,16,18-19,26,28H,4-5,9,11-12H2,1-3H3;5-6,8,11,15,17,22,25H,3-4,7,9-10,12H2,1-2H3/t16-,18+,19-,21+,22+,23+;15-,17+,19+,20+,21+/m11/s1. The topological polar surface area (TPSA) is 175 Å². The number of Topliss-reactive ketones (excluding diaryl/α,β-unsaturated/α-hetero) is 2. The van der Waals surface area contributed by atoms with Gasteiger partial charge in [0.25, 0.3) is 0 Å². The summed E-state index contributed by atoms with van der Waals surface area (Å²) >= 11 is 0. The summed E-state index contributed by atoms with van der Waals surface area (Å²) in [7, 11) is 0. The first-order chi connectivity index (χ1) is 25.3. The number of fused-ring (bicyclic) bond motifs is 10. The van der Waals surface area contributed by atoms with Gasteiger partial charge in [0, 0.05) is 28.6 Å². The van der Waals surface area contributed by atoms with Crippen LogP contribution >= 0.6 is 0 Å². The van der Waals surface area contributed by atoms with Crippen LogP contribution < -0.4 is 0 Å². The molecule has 290 valence electrons. The molecule has 11 atom stereocenters. The molecule has 0 amide bonds. The maximum absolute atomic E-state index is 12.9. The first-order valence-corrected chi connectivity index (χ1v) is 19.5. The molecule has 0 bridgehead atoms. The smallest absolute Gasteiger partial charge is 0.303 e. The van der Waals surface area contributed by atoms with Crippen LogP contribution in [0.4, 0.5) is 0 Å². The number of carbonyl (C=O) groups excluding carboxylic acids is 5.